The number of H-pyrrole nitrogens is 1. The summed E-state index contributed by atoms with van der Waals surface area (Å²) in [6.07, 6.45) is 0. The van der Waals surface area contributed by atoms with Crippen molar-refractivity contribution < 1.29 is 9.53 Å². The Kier molecular flexibility index (Phi) is 4.57. The number of aryl methyl sites for hydroxylation is 2. The lowest BCUT2D eigenvalue weighted by atomic mass is 10.1. The second kappa shape index (κ2) is 7.19. The van der Waals surface area contributed by atoms with Gasteiger partial charge in [-0.3, -0.25) is 15.2 Å². The molecule has 4 aromatic rings. The summed E-state index contributed by atoms with van der Waals surface area (Å²) in [7, 11) is 1.61. The number of para-hydroxylation sites is 1. The first-order valence-electron chi connectivity index (χ1n) is 9.07. The van der Waals surface area contributed by atoms with E-state index in [0.29, 0.717) is 29.6 Å². The predicted molar refractivity (Wildman–Crippen MR) is 109 cm³/mol. The van der Waals surface area contributed by atoms with E-state index < -0.39 is 0 Å². The second-order valence-corrected chi connectivity index (χ2v) is 6.49. The molecule has 2 heterocycles. The number of anilines is 1. The van der Waals surface area contributed by atoms with E-state index in [2.05, 4.69) is 20.5 Å². The molecule has 0 spiro atoms. The molecule has 0 radical (unpaired) electrons. The van der Waals surface area contributed by atoms with Gasteiger partial charge in [-0.1, -0.05) is 18.2 Å². The molecule has 2 aromatic carbocycles. The number of ether oxygens (including phenoxy) is 1. The highest BCUT2D eigenvalue weighted by atomic mass is 16.5. The van der Waals surface area contributed by atoms with Crippen LogP contribution in [0.5, 0.6) is 5.75 Å². The lowest BCUT2D eigenvalue weighted by Gasteiger charge is -2.06. The average molecular weight is 375 g/mol. The zero-order valence-corrected chi connectivity index (χ0v) is 16.0. The topological polar surface area (TPSA) is 84.8 Å². The van der Waals surface area contributed by atoms with Crippen molar-refractivity contribution in [1.82, 2.24) is 19.7 Å². The molecule has 0 aliphatic heterocycles. The van der Waals surface area contributed by atoms with Crippen LogP contribution in [0.3, 0.4) is 0 Å². The van der Waals surface area contributed by atoms with Crippen LogP contribution in [0.4, 0.5) is 5.95 Å². The molecule has 2 aromatic heterocycles. The van der Waals surface area contributed by atoms with Gasteiger partial charge < -0.3 is 9.30 Å². The largest absolute Gasteiger partial charge is 0.496 e. The van der Waals surface area contributed by atoms with Gasteiger partial charge in [-0.05, 0) is 49.7 Å². The Labute approximate surface area is 162 Å². The third kappa shape index (κ3) is 3.11. The number of nitrogens with one attached hydrogen (secondary N) is 2. The number of imidazole rings is 1. The van der Waals surface area contributed by atoms with Crippen LogP contribution in [0.15, 0.2) is 48.5 Å². The summed E-state index contributed by atoms with van der Waals surface area (Å²) < 4.78 is 7.35. The number of aromatic amines is 1. The van der Waals surface area contributed by atoms with Crippen molar-refractivity contribution in [2.45, 2.75) is 20.4 Å². The fraction of sp³-hybridized carbons (Fsp3) is 0.190. The molecular formula is C21H21N5O2. The highest BCUT2D eigenvalue weighted by molar-refractivity contribution is 6.03. The molecule has 0 fully saturated rings. The Balaban J connectivity index is 1.63. The third-order valence-electron chi connectivity index (χ3n) is 4.65. The number of amides is 1. The Morgan fingerprint density at radius 3 is 2.82 bits per heavy atom. The first kappa shape index (κ1) is 17.8. The Morgan fingerprint density at radius 2 is 2.04 bits per heavy atom. The van der Waals surface area contributed by atoms with Crippen molar-refractivity contribution in [2.75, 3.05) is 12.4 Å². The predicted octanol–water partition coefficient (Wildman–Crippen LogP) is 4.02. The number of rotatable bonds is 5. The van der Waals surface area contributed by atoms with Crippen molar-refractivity contribution in [3.63, 3.8) is 0 Å². The van der Waals surface area contributed by atoms with Crippen LogP contribution in [0.1, 0.15) is 23.0 Å². The monoisotopic (exact) mass is 375 g/mol. The lowest BCUT2D eigenvalue weighted by molar-refractivity contribution is 0.102. The van der Waals surface area contributed by atoms with Gasteiger partial charge in [0.1, 0.15) is 11.4 Å². The highest BCUT2D eigenvalue weighted by Gasteiger charge is 2.17. The summed E-state index contributed by atoms with van der Waals surface area (Å²) in [5, 5.41) is 9.95. The quantitative estimate of drug-likeness (QED) is 0.552. The maximum Gasteiger partial charge on any atom is 0.275 e. The van der Waals surface area contributed by atoms with E-state index in [1.165, 1.54) is 0 Å². The molecule has 142 valence electrons. The Hall–Kier alpha value is -3.61. The molecule has 0 saturated heterocycles. The molecule has 7 nitrogen and oxygen atoms in total. The molecular weight excluding hydrogens is 354 g/mol. The molecule has 28 heavy (non-hydrogen) atoms. The number of hydrogen-bond acceptors (Lipinski definition) is 4. The van der Waals surface area contributed by atoms with Crippen LogP contribution in [0.25, 0.3) is 22.3 Å². The Morgan fingerprint density at radius 1 is 1.21 bits per heavy atom. The van der Waals surface area contributed by atoms with Gasteiger partial charge in [-0.25, -0.2) is 4.98 Å². The van der Waals surface area contributed by atoms with Crippen LogP contribution >= 0.6 is 0 Å². The van der Waals surface area contributed by atoms with E-state index in [-0.39, 0.29) is 5.91 Å². The highest BCUT2D eigenvalue weighted by Crippen LogP contribution is 2.28. The standard InChI is InChI=1S/C21H21N5O2/c1-4-26-18-10-9-13(2)11-16(18)22-21(26)23-20(27)17-12-15(24-25-17)14-7-5-6-8-19(14)28-3/h5-12H,4H2,1-3H3,(H,24,25)(H,22,23,27). The fourth-order valence-corrected chi connectivity index (χ4v) is 3.26. The number of carbonyl (C=O) groups excluding carboxylic acids is 1. The minimum absolute atomic E-state index is 0.296. The van der Waals surface area contributed by atoms with Gasteiger partial charge in [0.25, 0.3) is 5.91 Å². The molecule has 7 heteroatoms. The molecule has 0 bridgehead atoms. The lowest BCUT2D eigenvalue weighted by Crippen LogP contribution is -2.16. The number of hydrogen-bond donors (Lipinski definition) is 2. The van der Waals surface area contributed by atoms with Crippen LogP contribution in [0.2, 0.25) is 0 Å². The van der Waals surface area contributed by atoms with Crippen LogP contribution in [0, 0.1) is 6.92 Å². The number of benzene rings is 2. The SMILES string of the molecule is CCn1c(NC(=O)c2cc(-c3ccccc3OC)n[nH]2)nc2cc(C)ccc21. The van der Waals surface area contributed by atoms with Crippen LogP contribution < -0.4 is 10.1 Å². The summed E-state index contributed by atoms with van der Waals surface area (Å²) in [5.41, 5.74) is 4.78. The normalized spacial score (nSPS) is 11.0. The summed E-state index contributed by atoms with van der Waals surface area (Å²) in [6, 6.07) is 15.3. The molecule has 1 amide bonds. The molecule has 0 atom stereocenters. The van der Waals surface area contributed by atoms with Crippen molar-refractivity contribution >= 4 is 22.9 Å². The third-order valence-corrected chi connectivity index (χ3v) is 4.65. The number of aromatic nitrogens is 4. The second-order valence-electron chi connectivity index (χ2n) is 6.49. The van der Waals surface area contributed by atoms with Crippen LogP contribution in [-0.2, 0) is 6.54 Å². The minimum Gasteiger partial charge on any atom is -0.496 e. The van der Waals surface area contributed by atoms with Gasteiger partial charge >= 0.3 is 0 Å². The zero-order chi connectivity index (χ0) is 19.7. The maximum absolute atomic E-state index is 12.8. The Bertz CT molecular complexity index is 1160. The minimum atomic E-state index is -0.296. The van der Waals surface area contributed by atoms with Crippen molar-refractivity contribution in [3.8, 4) is 17.0 Å². The molecule has 2 N–H and O–H groups in total. The van der Waals surface area contributed by atoms with E-state index >= 15 is 0 Å². The van der Waals surface area contributed by atoms with Gasteiger partial charge in [0, 0.05) is 12.1 Å². The summed E-state index contributed by atoms with van der Waals surface area (Å²) in [5.74, 6) is 0.918. The summed E-state index contributed by atoms with van der Waals surface area (Å²) in [6.45, 7) is 4.74. The molecule has 0 saturated carbocycles. The van der Waals surface area contributed by atoms with Crippen molar-refractivity contribution in [3.05, 3.63) is 59.8 Å². The molecule has 4 rings (SSSR count). The number of nitrogens with zero attached hydrogens (tertiary/aromatic N) is 3. The van der Waals surface area contributed by atoms with E-state index in [1.807, 2.05) is 60.9 Å². The van der Waals surface area contributed by atoms with E-state index in [1.54, 1.807) is 13.2 Å². The maximum atomic E-state index is 12.8. The van der Waals surface area contributed by atoms with Crippen LogP contribution in [-0.4, -0.2) is 32.8 Å². The first-order valence-corrected chi connectivity index (χ1v) is 9.07. The van der Waals surface area contributed by atoms with E-state index in [9.17, 15) is 4.79 Å². The van der Waals surface area contributed by atoms with Crippen molar-refractivity contribution in [1.29, 1.82) is 0 Å². The van der Waals surface area contributed by atoms with Gasteiger partial charge in [-0.15, -0.1) is 0 Å². The van der Waals surface area contributed by atoms with Crippen molar-refractivity contribution in [2.24, 2.45) is 0 Å². The van der Waals surface area contributed by atoms with Gasteiger partial charge in [0.2, 0.25) is 5.95 Å². The average Bonchev–Trinajstić information content (AvgIpc) is 3.32. The molecule has 0 aliphatic carbocycles. The summed E-state index contributed by atoms with van der Waals surface area (Å²) >= 11 is 0. The smallest absolute Gasteiger partial charge is 0.275 e. The fourth-order valence-electron chi connectivity index (χ4n) is 3.26. The summed E-state index contributed by atoms with van der Waals surface area (Å²) in [4.78, 5) is 17.3. The number of carbonyl (C=O) groups is 1. The van der Waals surface area contributed by atoms with E-state index in [4.69, 9.17) is 4.74 Å². The van der Waals surface area contributed by atoms with Gasteiger partial charge in [-0.2, -0.15) is 5.10 Å². The van der Waals surface area contributed by atoms with E-state index in [0.717, 1.165) is 22.2 Å². The zero-order valence-electron chi connectivity index (χ0n) is 16.0. The molecule has 0 aliphatic rings. The number of fused-ring (bicyclic) bond motifs is 1. The molecule has 0 unspecified atom stereocenters. The van der Waals surface area contributed by atoms with Gasteiger partial charge in [0.05, 0.1) is 23.8 Å². The van der Waals surface area contributed by atoms with Gasteiger partial charge in [0.15, 0.2) is 0 Å². The first-order chi connectivity index (χ1) is 13.6. The number of methoxy groups -OCH3 is 1.